The lowest BCUT2D eigenvalue weighted by molar-refractivity contribution is -0.123. The van der Waals surface area contributed by atoms with Crippen molar-refractivity contribution in [1.82, 2.24) is 25.4 Å². The first-order valence-corrected chi connectivity index (χ1v) is 6.82. The Kier molecular flexibility index (Phi) is 8.50. The molecule has 1 amide bonds. The van der Waals surface area contributed by atoms with E-state index in [2.05, 4.69) is 20.7 Å². The summed E-state index contributed by atoms with van der Waals surface area (Å²) in [5.41, 5.74) is 1.82. The molecule has 1 atom stereocenters. The number of nitrogens with zero attached hydrogens (tertiary/aromatic N) is 3. The average molecular weight is 352 g/mol. The van der Waals surface area contributed by atoms with E-state index in [0.29, 0.717) is 6.54 Å². The largest absolute Gasteiger partial charge is 0.348 e. The van der Waals surface area contributed by atoms with E-state index in [1.165, 1.54) is 0 Å². The molecule has 0 fully saturated rings. The normalized spacial score (nSPS) is 11.2. The molecule has 2 N–H and O–H groups in total. The van der Waals surface area contributed by atoms with Crippen LogP contribution >= 0.6 is 36.2 Å². The Morgan fingerprint density at radius 2 is 2.19 bits per heavy atom. The van der Waals surface area contributed by atoms with Crippen LogP contribution < -0.4 is 10.6 Å². The number of hydrogen-bond acceptors (Lipinski definition) is 5. The van der Waals surface area contributed by atoms with Crippen LogP contribution in [-0.2, 0) is 18.4 Å². The van der Waals surface area contributed by atoms with Crippen molar-refractivity contribution in [2.24, 2.45) is 7.05 Å². The minimum atomic E-state index is -0.394. The van der Waals surface area contributed by atoms with E-state index in [1.807, 2.05) is 25.5 Å². The Labute approximate surface area is 140 Å². The van der Waals surface area contributed by atoms with Gasteiger partial charge in [0.15, 0.2) is 0 Å². The summed E-state index contributed by atoms with van der Waals surface area (Å²) in [6.45, 7) is 2.39. The fourth-order valence-electron chi connectivity index (χ4n) is 1.79. The zero-order valence-corrected chi connectivity index (χ0v) is 14.4. The Morgan fingerprint density at radius 1 is 1.48 bits per heavy atom. The number of likely N-dealkylation sites (N-methyl/N-ethyl adjacent to an activating group) is 1. The second kappa shape index (κ2) is 8.99. The lowest BCUT2D eigenvalue weighted by Crippen LogP contribution is -2.35. The number of nitrogens with one attached hydrogen (secondary N) is 2. The number of carbonyl (C=O) groups excluding carboxylic acids is 1. The first kappa shape index (κ1) is 19.9. The summed E-state index contributed by atoms with van der Waals surface area (Å²) >= 11 is 1.55. The topological polar surface area (TPSA) is 71.8 Å². The number of thiazole rings is 1. The number of hydrogen-bond donors (Lipinski definition) is 2. The van der Waals surface area contributed by atoms with Crippen LogP contribution in [0, 0.1) is 6.92 Å². The van der Waals surface area contributed by atoms with E-state index in [0.717, 1.165) is 16.3 Å². The molecule has 0 saturated heterocycles. The van der Waals surface area contributed by atoms with Gasteiger partial charge in [-0.15, -0.1) is 36.2 Å². The van der Waals surface area contributed by atoms with Crippen molar-refractivity contribution in [1.29, 1.82) is 0 Å². The molecule has 0 aromatic carbocycles. The quantitative estimate of drug-likeness (QED) is 0.858. The van der Waals surface area contributed by atoms with E-state index in [4.69, 9.17) is 0 Å². The maximum atomic E-state index is 12.1. The van der Waals surface area contributed by atoms with Gasteiger partial charge in [-0.3, -0.25) is 9.48 Å². The molecule has 2 heterocycles. The maximum Gasteiger partial charge on any atom is 0.242 e. The van der Waals surface area contributed by atoms with Gasteiger partial charge in [0, 0.05) is 29.9 Å². The molecule has 21 heavy (non-hydrogen) atoms. The van der Waals surface area contributed by atoms with Gasteiger partial charge in [-0.05, 0) is 14.0 Å². The minimum absolute atomic E-state index is 0. The molecule has 0 spiro atoms. The lowest BCUT2D eigenvalue weighted by atomic mass is 10.1. The molecule has 6 nitrogen and oxygen atoms in total. The van der Waals surface area contributed by atoms with Crippen LogP contribution in [0.25, 0.3) is 0 Å². The van der Waals surface area contributed by atoms with E-state index in [9.17, 15) is 4.79 Å². The summed E-state index contributed by atoms with van der Waals surface area (Å²) in [7, 11) is 3.58. The third-order valence-corrected chi connectivity index (χ3v) is 3.66. The molecule has 0 radical (unpaired) electrons. The minimum Gasteiger partial charge on any atom is -0.348 e. The van der Waals surface area contributed by atoms with Crippen molar-refractivity contribution in [3.63, 3.8) is 0 Å². The zero-order chi connectivity index (χ0) is 13.8. The van der Waals surface area contributed by atoms with Crippen LogP contribution in [-0.4, -0.2) is 27.7 Å². The smallest absolute Gasteiger partial charge is 0.242 e. The van der Waals surface area contributed by atoms with Gasteiger partial charge >= 0.3 is 0 Å². The van der Waals surface area contributed by atoms with Gasteiger partial charge in [-0.1, -0.05) is 0 Å². The molecular weight excluding hydrogens is 333 g/mol. The molecule has 118 valence electrons. The molecule has 0 aliphatic rings. The van der Waals surface area contributed by atoms with Gasteiger partial charge in [0.05, 0.1) is 12.7 Å². The molecule has 2 aromatic rings. The summed E-state index contributed by atoms with van der Waals surface area (Å²) < 4.78 is 1.68. The third-order valence-electron chi connectivity index (χ3n) is 2.69. The number of aryl methyl sites for hydroxylation is 2. The first-order valence-electron chi connectivity index (χ1n) is 5.94. The van der Waals surface area contributed by atoms with E-state index in [-0.39, 0.29) is 30.7 Å². The van der Waals surface area contributed by atoms with E-state index >= 15 is 0 Å². The van der Waals surface area contributed by atoms with Crippen LogP contribution in [0.1, 0.15) is 22.3 Å². The van der Waals surface area contributed by atoms with E-state index in [1.54, 1.807) is 29.3 Å². The van der Waals surface area contributed by atoms with Crippen LogP contribution in [0.5, 0.6) is 0 Å². The van der Waals surface area contributed by atoms with Gasteiger partial charge in [-0.25, -0.2) is 4.98 Å². The molecule has 2 aromatic heterocycles. The fourth-order valence-corrected chi connectivity index (χ4v) is 2.50. The Balaban J connectivity index is 0.00000200. The highest BCUT2D eigenvalue weighted by molar-refractivity contribution is 7.09. The first-order chi connectivity index (χ1) is 9.10. The molecule has 1 unspecified atom stereocenters. The van der Waals surface area contributed by atoms with Gasteiger partial charge in [-0.2, -0.15) is 5.10 Å². The Morgan fingerprint density at radius 3 is 2.67 bits per heavy atom. The van der Waals surface area contributed by atoms with Crippen LogP contribution in [0.3, 0.4) is 0 Å². The summed E-state index contributed by atoms with van der Waals surface area (Å²) in [4.78, 5) is 16.4. The number of amides is 1. The molecule has 9 heteroatoms. The van der Waals surface area contributed by atoms with Crippen LogP contribution in [0.15, 0.2) is 17.8 Å². The van der Waals surface area contributed by atoms with Crippen molar-refractivity contribution < 1.29 is 4.79 Å². The van der Waals surface area contributed by atoms with Crippen molar-refractivity contribution >= 4 is 42.1 Å². The number of aromatic nitrogens is 3. The van der Waals surface area contributed by atoms with Crippen molar-refractivity contribution in [3.8, 4) is 0 Å². The van der Waals surface area contributed by atoms with Gasteiger partial charge < -0.3 is 10.6 Å². The summed E-state index contributed by atoms with van der Waals surface area (Å²) in [5, 5.41) is 12.8. The van der Waals surface area contributed by atoms with E-state index < -0.39 is 6.04 Å². The second-order valence-electron chi connectivity index (χ2n) is 4.27. The summed E-state index contributed by atoms with van der Waals surface area (Å²) in [5.74, 6) is -0.0802. The number of carbonyl (C=O) groups is 1. The van der Waals surface area contributed by atoms with Crippen molar-refractivity contribution in [3.05, 3.63) is 34.0 Å². The molecule has 0 aliphatic heterocycles. The highest BCUT2D eigenvalue weighted by Gasteiger charge is 2.19. The number of halogens is 2. The highest BCUT2D eigenvalue weighted by Crippen LogP contribution is 2.12. The summed E-state index contributed by atoms with van der Waals surface area (Å²) in [6.07, 6.45) is 3.52. The fraction of sp³-hybridized carbons (Fsp3) is 0.417. The van der Waals surface area contributed by atoms with Gasteiger partial charge in [0.25, 0.3) is 0 Å². The van der Waals surface area contributed by atoms with Gasteiger partial charge in [0.1, 0.15) is 11.0 Å². The maximum absolute atomic E-state index is 12.1. The molecule has 0 aliphatic carbocycles. The summed E-state index contributed by atoms with van der Waals surface area (Å²) in [6, 6.07) is -0.394. The molecule has 2 rings (SSSR count). The predicted octanol–water partition coefficient (Wildman–Crippen LogP) is 1.61. The lowest BCUT2D eigenvalue weighted by Gasteiger charge is -2.13. The van der Waals surface area contributed by atoms with Crippen LogP contribution in [0.4, 0.5) is 0 Å². The Hall–Kier alpha value is -1.15. The highest BCUT2D eigenvalue weighted by atomic mass is 35.5. The molecule has 0 saturated carbocycles. The van der Waals surface area contributed by atoms with Crippen molar-refractivity contribution in [2.45, 2.75) is 19.5 Å². The Bertz CT molecular complexity index is 572. The third kappa shape index (κ3) is 5.28. The van der Waals surface area contributed by atoms with Crippen LogP contribution in [0.2, 0.25) is 0 Å². The zero-order valence-electron chi connectivity index (χ0n) is 12.0. The predicted molar refractivity (Wildman–Crippen MR) is 88.2 cm³/mol. The van der Waals surface area contributed by atoms with Gasteiger partial charge in [0.2, 0.25) is 5.91 Å². The second-order valence-corrected chi connectivity index (χ2v) is 5.21. The van der Waals surface area contributed by atoms with Crippen molar-refractivity contribution in [2.75, 3.05) is 7.05 Å². The monoisotopic (exact) mass is 351 g/mol. The average Bonchev–Trinajstić information content (AvgIpc) is 2.97. The number of rotatable bonds is 5. The SMILES string of the molecule is CNC(C(=O)NCc1nc(C)cs1)c1cnn(C)c1.Cl.Cl. The molecule has 0 bridgehead atoms. The molecular formula is C12H19Cl2N5OS. The standard InChI is InChI=1S/C12H17N5OS.2ClH/c1-8-7-19-10(16-8)5-14-12(18)11(13-2)9-4-15-17(3)6-9;;/h4,6-7,11,13H,5H2,1-3H3,(H,14,18);2*1H.